The number of rotatable bonds is 2. The number of hydrogen-bond acceptors (Lipinski definition) is 1. The number of hydrogen-bond donors (Lipinski definition) is 0. The smallest absolute Gasteiger partial charge is 0.231 e. The van der Waals surface area contributed by atoms with Crippen molar-refractivity contribution in [1.82, 2.24) is 4.90 Å². The second-order valence-electron chi connectivity index (χ2n) is 9.40. The molecule has 4 bridgehead atoms. The zero-order valence-corrected chi connectivity index (χ0v) is 16.4. The van der Waals surface area contributed by atoms with Gasteiger partial charge in [0.15, 0.2) is 0 Å². The number of β-lactam (4-membered cyclic amide) rings is 1. The number of nitrogens with zero attached hydrogens (tertiary/aromatic N) is 1. The molecule has 1 amide bonds. The van der Waals surface area contributed by atoms with Gasteiger partial charge in [-0.1, -0.05) is 35.3 Å². The van der Waals surface area contributed by atoms with E-state index in [2.05, 4.69) is 24.8 Å². The predicted octanol–water partition coefficient (Wildman–Crippen LogP) is 5.73. The molecule has 134 valence electrons. The summed E-state index contributed by atoms with van der Waals surface area (Å²) in [7, 11) is 0. The van der Waals surface area contributed by atoms with Gasteiger partial charge in [-0.05, 0) is 81.3 Å². The minimum atomic E-state index is -0.400. The standard InChI is InChI=1S/C21H25Cl2NO/c1-21(2)19(15-4-3-5-16(22)17(15)23)24(20(21)25)18-13-7-11-6-12(9-13)10-14(18)8-11/h3-5,11-14,18-19H,6-10H2,1-2H3. The van der Waals surface area contributed by atoms with Gasteiger partial charge >= 0.3 is 0 Å². The van der Waals surface area contributed by atoms with Crippen molar-refractivity contribution in [1.29, 1.82) is 0 Å². The number of halogens is 2. The maximum Gasteiger partial charge on any atom is 0.231 e. The number of likely N-dealkylation sites (tertiary alicyclic amines) is 1. The Labute approximate surface area is 159 Å². The molecule has 4 saturated carbocycles. The monoisotopic (exact) mass is 377 g/mol. The van der Waals surface area contributed by atoms with Crippen molar-refractivity contribution in [2.24, 2.45) is 29.1 Å². The minimum Gasteiger partial charge on any atom is -0.330 e. The zero-order valence-electron chi connectivity index (χ0n) is 14.8. The van der Waals surface area contributed by atoms with Crippen LogP contribution in [0, 0.1) is 29.1 Å². The Balaban J connectivity index is 1.54. The van der Waals surface area contributed by atoms with Crippen molar-refractivity contribution >= 4 is 29.1 Å². The molecule has 5 aliphatic rings. The number of amides is 1. The quantitative estimate of drug-likeness (QED) is 0.602. The van der Waals surface area contributed by atoms with Crippen molar-refractivity contribution in [3.63, 3.8) is 0 Å². The van der Waals surface area contributed by atoms with Crippen molar-refractivity contribution in [2.45, 2.75) is 58.0 Å². The van der Waals surface area contributed by atoms with E-state index in [1.54, 1.807) is 0 Å². The molecule has 1 atom stereocenters. The van der Waals surface area contributed by atoms with Gasteiger partial charge in [0.25, 0.3) is 0 Å². The SMILES string of the molecule is CC1(C)C(=O)N(C2C3CC4CC(C3)CC2C4)C1c1cccc(Cl)c1Cl. The summed E-state index contributed by atoms with van der Waals surface area (Å²) in [6, 6.07) is 6.30. The molecule has 1 aliphatic heterocycles. The molecule has 1 aromatic carbocycles. The predicted molar refractivity (Wildman–Crippen MR) is 101 cm³/mol. The van der Waals surface area contributed by atoms with E-state index >= 15 is 0 Å². The molecule has 4 heteroatoms. The van der Waals surface area contributed by atoms with Gasteiger partial charge in [0.2, 0.25) is 5.91 Å². The second kappa shape index (κ2) is 5.39. The van der Waals surface area contributed by atoms with Crippen LogP contribution in [0.5, 0.6) is 0 Å². The Kier molecular flexibility index (Phi) is 3.55. The van der Waals surface area contributed by atoms with E-state index < -0.39 is 5.41 Å². The highest BCUT2D eigenvalue weighted by atomic mass is 35.5. The Morgan fingerprint density at radius 1 is 1.00 bits per heavy atom. The fourth-order valence-electron chi connectivity index (χ4n) is 6.78. The van der Waals surface area contributed by atoms with E-state index in [0.717, 1.165) is 17.4 Å². The maximum absolute atomic E-state index is 13.1. The molecule has 25 heavy (non-hydrogen) atoms. The van der Waals surface area contributed by atoms with Gasteiger partial charge in [-0.15, -0.1) is 0 Å². The van der Waals surface area contributed by atoms with Gasteiger partial charge in [0.05, 0.1) is 21.5 Å². The van der Waals surface area contributed by atoms with Crippen LogP contribution in [0.2, 0.25) is 10.0 Å². The summed E-state index contributed by atoms with van der Waals surface area (Å²) in [5.41, 5.74) is 0.621. The van der Waals surface area contributed by atoms with Gasteiger partial charge in [-0.3, -0.25) is 4.79 Å². The van der Waals surface area contributed by atoms with Crippen molar-refractivity contribution in [3.05, 3.63) is 33.8 Å². The van der Waals surface area contributed by atoms with Gasteiger partial charge < -0.3 is 4.90 Å². The van der Waals surface area contributed by atoms with Crippen LogP contribution >= 0.6 is 23.2 Å². The molecule has 0 aromatic heterocycles. The third kappa shape index (κ3) is 2.19. The largest absolute Gasteiger partial charge is 0.330 e. The van der Waals surface area contributed by atoms with E-state index in [1.165, 1.54) is 32.1 Å². The molecule has 6 rings (SSSR count). The third-order valence-electron chi connectivity index (χ3n) is 7.52. The Morgan fingerprint density at radius 3 is 2.20 bits per heavy atom. The molecule has 0 N–H and O–H groups in total. The van der Waals surface area contributed by atoms with Gasteiger partial charge in [-0.2, -0.15) is 0 Å². The van der Waals surface area contributed by atoms with Crippen LogP contribution in [-0.2, 0) is 4.79 Å². The van der Waals surface area contributed by atoms with Crippen molar-refractivity contribution < 1.29 is 4.79 Å². The fourth-order valence-corrected chi connectivity index (χ4v) is 7.19. The highest BCUT2D eigenvalue weighted by molar-refractivity contribution is 6.42. The summed E-state index contributed by atoms with van der Waals surface area (Å²) in [6.07, 6.45) is 6.70. The number of benzene rings is 1. The van der Waals surface area contributed by atoms with Crippen LogP contribution in [0.15, 0.2) is 18.2 Å². The van der Waals surface area contributed by atoms with Crippen LogP contribution in [0.3, 0.4) is 0 Å². The van der Waals surface area contributed by atoms with Crippen molar-refractivity contribution in [2.75, 3.05) is 0 Å². The molecule has 0 spiro atoms. The summed E-state index contributed by atoms with van der Waals surface area (Å²) in [4.78, 5) is 15.3. The molecule has 1 saturated heterocycles. The zero-order chi connectivity index (χ0) is 17.5. The van der Waals surface area contributed by atoms with E-state index in [4.69, 9.17) is 23.2 Å². The Bertz CT molecular complexity index is 715. The van der Waals surface area contributed by atoms with E-state index in [-0.39, 0.29) is 6.04 Å². The molecule has 2 nitrogen and oxygen atoms in total. The first kappa shape index (κ1) is 16.4. The van der Waals surface area contributed by atoms with E-state index in [0.29, 0.717) is 33.8 Å². The second-order valence-corrected chi connectivity index (χ2v) is 10.2. The third-order valence-corrected chi connectivity index (χ3v) is 8.36. The average Bonchev–Trinajstić information content (AvgIpc) is 2.56. The van der Waals surface area contributed by atoms with Crippen LogP contribution in [0.1, 0.15) is 57.6 Å². The average molecular weight is 378 g/mol. The van der Waals surface area contributed by atoms with Gasteiger partial charge in [-0.25, -0.2) is 0 Å². The topological polar surface area (TPSA) is 20.3 Å². The fraction of sp³-hybridized carbons (Fsp3) is 0.667. The highest BCUT2D eigenvalue weighted by Gasteiger charge is 2.62. The lowest BCUT2D eigenvalue weighted by atomic mass is 9.52. The summed E-state index contributed by atoms with van der Waals surface area (Å²) >= 11 is 12.8. The lowest BCUT2D eigenvalue weighted by Gasteiger charge is -2.64. The molecular formula is C21H25Cl2NO. The van der Waals surface area contributed by atoms with E-state index in [1.807, 2.05) is 12.1 Å². The molecular weight excluding hydrogens is 353 g/mol. The van der Waals surface area contributed by atoms with Crippen LogP contribution in [-0.4, -0.2) is 16.8 Å². The molecule has 4 aliphatic carbocycles. The first-order chi connectivity index (χ1) is 11.9. The first-order valence-corrected chi connectivity index (χ1v) is 10.4. The normalized spacial score (nSPS) is 41.1. The lowest BCUT2D eigenvalue weighted by Crippen LogP contribution is -2.69. The Morgan fingerprint density at radius 2 is 1.60 bits per heavy atom. The van der Waals surface area contributed by atoms with Crippen LogP contribution in [0.4, 0.5) is 0 Å². The first-order valence-electron chi connectivity index (χ1n) is 9.64. The minimum absolute atomic E-state index is 0.0497. The summed E-state index contributed by atoms with van der Waals surface area (Å²) in [6.45, 7) is 4.12. The van der Waals surface area contributed by atoms with E-state index in [9.17, 15) is 4.79 Å². The molecule has 1 unspecified atom stereocenters. The summed E-state index contributed by atoms with van der Waals surface area (Å²) < 4.78 is 0. The van der Waals surface area contributed by atoms with Gasteiger partial charge in [0, 0.05) is 6.04 Å². The number of carbonyl (C=O) groups excluding carboxylic acids is 1. The molecule has 1 heterocycles. The number of carbonyl (C=O) groups is 1. The van der Waals surface area contributed by atoms with Gasteiger partial charge in [0.1, 0.15) is 0 Å². The van der Waals surface area contributed by atoms with Crippen molar-refractivity contribution in [3.8, 4) is 0 Å². The molecule has 1 aromatic rings. The summed E-state index contributed by atoms with van der Waals surface area (Å²) in [5, 5.41) is 1.20. The van der Waals surface area contributed by atoms with Crippen LogP contribution < -0.4 is 0 Å². The Hall–Kier alpha value is -0.730. The van der Waals surface area contributed by atoms with Crippen LogP contribution in [0.25, 0.3) is 0 Å². The lowest BCUT2D eigenvalue weighted by molar-refractivity contribution is -0.191. The maximum atomic E-state index is 13.1. The summed E-state index contributed by atoms with van der Waals surface area (Å²) in [5.74, 6) is 3.51. The molecule has 0 radical (unpaired) electrons. The molecule has 5 fully saturated rings. The highest BCUT2D eigenvalue weighted by Crippen LogP contribution is 2.61.